The molecule has 0 spiro atoms. The summed E-state index contributed by atoms with van der Waals surface area (Å²) in [6, 6.07) is 9.11. The van der Waals surface area contributed by atoms with Crippen LogP contribution in [0.25, 0.3) is 22.2 Å². The van der Waals surface area contributed by atoms with Gasteiger partial charge < -0.3 is 0 Å². The molecule has 2 aromatic heterocycles. The Labute approximate surface area is 170 Å². The molecule has 0 aliphatic heterocycles. The number of benzene rings is 1. The summed E-state index contributed by atoms with van der Waals surface area (Å²) in [6.07, 6.45) is 14.6. The van der Waals surface area contributed by atoms with Gasteiger partial charge in [0, 0.05) is 17.3 Å². The predicted octanol–water partition coefficient (Wildman–Crippen LogP) is 7.18. The summed E-state index contributed by atoms with van der Waals surface area (Å²) in [4.78, 5) is 4.71. The summed E-state index contributed by atoms with van der Waals surface area (Å²) >= 11 is 0. The van der Waals surface area contributed by atoms with Crippen LogP contribution in [-0.2, 0) is 12.8 Å². The minimum absolute atomic E-state index is 0.947. The van der Waals surface area contributed by atoms with Crippen molar-refractivity contribution in [2.75, 3.05) is 0 Å². The lowest BCUT2D eigenvalue weighted by molar-refractivity contribution is 0.662. The molecule has 0 aliphatic rings. The van der Waals surface area contributed by atoms with Crippen LogP contribution in [-0.4, -0.2) is 15.2 Å². The number of aryl methyl sites for hydroxylation is 3. The summed E-state index contributed by atoms with van der Waals surface area (Å²) in [5.41, 5.74) is 5.96. The normalized spacial score (nSPS) is 11.4. The molecule has 1 aromatic carbocycles. The summed E-state index contributed by atoms with van der Waals surface area (Å²) in [5.74, 6) is 0. The number of nitrogens with one attached hydrogen (secondary N) is 1. The Morgan fingerprint density at radius 2 is 1.57 bits per heavy atom. The van der Waals surface area contributed by atoms with Gasteiger partial charge in [0.05, 0.1) is 5.69 Å². The molecule has 0 fully saturated rings. The topological polar surface area (TPSA) is 41.6 Å². The minimum Gasteiger partial charge on any atom is -0.282 e. The van der Waals surface area contributed by atoms with Crippen molar-refractivity contribution >= 4 is 10.8 Å². The number of nitrogens with zero attached hydrogens (tertiary/aromatic N) is 2. The van der Waals surface area contributed by atoms with Crippen molar-refractivity contribution in [2.24, 2.45) is 0 Å². The predicted molar refractivity (Wildman–Crippen MR) is 120 cm³/mol. The van der Waals surface area contributed by atoms with Gasteiger partial charge in [0.2, 0.25) is 0 Å². The van der Waals surface area contributed by atoms with Crippen LogP contribution in [0.1, 0.15) is 82.0 Å². The Balaban J connectivity index is 1.95. The standard InChI is InChI=1S/C25H35N3/c1-4-6-8-10-12-20-17-21(13-11-9-7-5-2)22-14-15-26-25(23(22)18-20)24-16-19(3)27-28-24/h14-18H,4-13H2,1-3H3,(H,27,28). The van der Waals surface area contributed by atoms with E-state index < -0.39 is 0 Å². The molecule has 0 aliphatic carbocycles. The quantitative estimate of drug-likeness (QED) is 0.360. The lowest BCUT2D eigenvalue weighted by Crippen LogP contribution is -1.96. The molecular formula is C25H35N3. The first kappa shape index (κ1) is 20.6. The maximum Gasteiger partial charge on any atom is 0.111 e. The van der Waals surface area contributed by atoms with Crippen LogP contribution in [0.2, 0.25) is 0 Å². The van der Waals surface area contributed by atoms with Gasteiger partial charge in [0.15, 0.2) is 0 Å². The first-order chi connectivity index (χ1) is 13.7. The Bertz CT molecular complexity index is 879. The summed E-state index contributed by atoms with van der Waals surface area (Å²) in [5, 5.41) is 10.2. The number of hydrogen-bond acceptors (Lipinski definition) is 2. The molecule has 1 N–H and O–H groups in total. The molecule has 0 bridgehead atoms. The van der Waals surface area contributed by atoms with Crippen LogP contribution in [0.5, 0.6) is 0 Å². The van der Waals surface area contributed by atoms with E-state index >= 15 is 0 Å². The van der Waals surface area contributed by atoms with E-state index in [0.717, 1.165) is 29.9 Å². The van der Waals surface area contributed by atoms with Crippen LogP contribution in [0.15, 0.2) is 30.5 Å². The average Bonchev–Trinajstić information content (AvgIpc) is 3.14. The van der Waals surface area contributed by atoms with Gasteiger partial charge in [-0.2, -0.15) is 5.10 Å². The van der Waals surface area contributed by atoms with Gasteiger partial charge in [-0.3, -0.25) is 10.1 Å². The molecule has 3 rings (SSSR count). The van der Waals surface area contributed by atoms with Gasteiger partial charge in [-0.05, 0) is 67.3 Å². The van der Waals surface area contributed by atoms with Crippen molar-refractivity contribution in [1.29, 1.82) is 0 Å². The Hall–Kier alpha value is -2.16. The molecule has 0 atom stereocenters. The third-order valence-corrected chi connectivity index (χ3v) is 5.59. The van der Waals surface area contributed by atoms with E-state index in [4.69, 9.17) is 4.98 Å². The Kier molecular flexibility index (Phi) is 7.64. The van der Waals surface area contributed by atoms with Gasteiger partial charge in [-0.15, -0.1) is 0 Å². The monoisotopic (exact) mass is 377 g/mol. The SMILES string of the molecule is CCCCCCc1cc(CCCCCC)c2ccnc(-c3cc(C)[nH]n3)c2c1. The number of H-pyrrole nitrogens is 1. The third kappa shape index (κ3) is 5.21. The molecule has 0 saturated heterocycles. The second kappa shape index (κ2) is 10.4. The van der Waals surface area contributed by atoms with E-state index in [1.54, 1.807) is 0 Å². The van der Waals surface area contributed by atoms with Crippen LogP contribution < -0.4 is 0 Å². The molecule has 3 aromatic rings. The molecule has 28 heavy (non-hydrogen) atoms. The van der Waals surface area contributed by atoms with E-state index in [9.17, 15) is 0 Å². The lowest BCUT2D eigenvalue weighted by Gasteiger charge is -2.13. The van der Waals surface area contributed by atoms with Crippen molar-refractivity contribution in [3.05, 3.63) is 47.3 Å². The fourth-order valence-corrected chi connectivity index (χ4v) is 4.02. The highest BCUT2D eigenvalue weighted by Gasteiger charge is 2.12. The number of aromatic nitrogens is 3. The van der Waals surface area contributed by atoms with Crippen LogP contribution in [0.3, 0.4) is 0 Å². The van der Waals surface area contributed by atoms with Crippen molar-refractivity contribution in [1.82, 2.24) is 15.2 Å². The van der Waals surface area contributed by atoms with Crippen molar-refractivity contribution in [3.63, 3.8) is 0 Å². The van der Waals surface area contributed by atoms with Gasteiger partial charge in [-0.25, -0.2) is 0 Å². The second-order valence-electron chi connectivity index (χ2n) is 8.07. The summed E-state index contributed by atoms with van der Waals surface area (Å²) in [6.45, 7) is 6.59. The van der Waals surface area contributed by atoms with E-state index in [1.165, 1.54) is 73.3 Å². The maximum atomic E-state index is 4.71. The molecular weight excluding hydrogens is 342 g/mol. The zero-order chi connectivity index (χ0) is 19.8. The largest absolute Gasteiger partial charge is 0.282 e. The summed E-state index contributed by atoms with van der Waals surface area (Å²) in [7, 11) is 0. The smallest absolute Gasteiger partial charge is 0.111 e. The fraction of sp³-hybridized carbons (Fsp3) is 0.520. The van der Waals surface area contributed by atoms with Gasteiger partial charge in [0.25, 0.3) is 0 Å². The van der Waals surface area contributed by atoms with Crippen LogP contribution >= 0.6 is 0 Å². The molecule has 3 nitrogen and oxygen atoms in total. The van der Waals surface area contributed by atoms with E-state index in [-0.39, 0.29) is 0 Å². The number of rotatable bonds is 11. The highest BCUT2D eigenvalue weighted by Crippen LogP contribution is 2.30. The molecule has 150 valence electrons. The highest BCUT2D eigenvalue weighted by molar-refractivity contribution is 5.96. The Morgan fingerprint density at radius 1 is 0.821 bits per heavy atom. The van der Waals surface area contributed by atoms with Crippen molar-refractivity contribution in [3.8, 4) is 11.4 Å². The minimum atomic E-state index is 0.947. The molecule has 0 amide bonds. The number of unbranched alkanes of at least 4 members (excludes halogenated alkanes) is 6. The zero-order valence-corrected chi connectivity index (χ0v) is 17.9. The molecule has 0 radical (unpaired) electrons. The van der Waals surface area contributed by atoms with Gasteiger partial charge in [-0.1, -0.05) is 58.4 Å². The summed E-state index contributed by atoms with van der Waals surface area (Å²) < 4.78 is 0. The molecule has 3 heteroatoms. The average molecular weight is 378 g/mol. The Morgan fingerprint density at radius 3 is 2.25 bits per heavy atom. The number of fused-ring (bicyclic) bond motifs is 1. The van der Waals surface area contributed by atoms with E-state index in [0.29, 0.717) is 0 Å². The van der Waals surface area contributed by atoms with Crippen molar-refractivity contribution < 1.29 is 0 Å². The molecule has 2 heterocycles. The lowest BCUT2D eigenvalue weighted by atomic mass is 9.93. The first-order valence-corrected chi connectivity index (χ1v) is 11.2. The highest BCUT2D eigenvalue weighted by atomic mass is 15.1. The molecule has 0 saturated carbocycles. The van der Waals surface area contributed by atoms with Crippen LogP contribution in [0, 0.1) is 6.92 Å². The number of aromatic amines is 1. The van der Waals surface area contributed by atoms with E-state index in [2.05, 4.69) is 48.3 Å². The second-order valence-corrected chi connectivity index (χ2v) is 8.07. The number of hydrogen-bond donors (Lipinski definition) is 1. The van der Waals surface area contributed by atoms with Crippen LogP contribution in [0.4, 0.5) is 0 Å². The first-order valence-electron chi connectivity index (χ1n) is 11.2. The number of pyridine rings is 1. The third-order valence-electron chi connectivity index (χ3n) is 5.59. The molecule has 0 unspecified atom stereocenters. The zero-order valence-electron chi connectivity index (χ0n) is 17.9. The van der Waals surface area contributed by atoms with Crippen molar-refractivity contribution in [2.45, 2.75) is 85.0 Å². The fourth-order valence-electron chi connectivity index (χ4n) is 4.02. The maximum absolute atomic E-state index is 4.71. The van der Waals surface area contributed by atoms with Gasteiger partial charge >= 0.3 is 0 Å². The van der Waals surface area contributed by atoms with E-state index in [1.807, 2.05) is 13.1 Å². The van der Waals surface area contributed by atoms with Gasteiger partial charge in [0.1, 0.15) is 5.69 Å².